The third kappa shape index (κ3) is 3.79. The van der Waals surface area contributed by atoms with Gasteiger partial charge in [-0.15, -0.1) is 0 Å². The van der Waals surface area contributed by atoms with Crippen LogP contribution in [-0.2, 0) is 6.42 Å². The number of nitrogens with two attached hydrogens (primary N) is 1. The van der Waals surface area contributed by atoms with Gasteiger partial charge in [-0.1, -0.05) is 23.7 Å². The smallest absolute Gasteiger partial charge is 0.332 e. The molecule has 0 amide bonds. The summed E-state index contributed by atoms with van der Waals surface area (Å²) in [4.78, 5) is 18.2. The number of hydrogen-bond donors (Lipinski definition) is 2. The molecule has 0 fully saturated rings. The molecule has 1 heterocycles. The molecule has 7 nitrogen and oxygen atoms in total. The van der Waals surface area contributed by atoms with E-state index >= 15 is 0 Å². The quantitative estimate of drug-likeness (QED) is 0.649. The Hall–Kier alpha value is -2.41. The lowest BCUT2D eigenvalue weighted by atomic mass is 10.1. The lowest BCUT2D eigenvalue weighted by Gasteiger charge is -2.08. The minimum absolute atomic E-state index is 0.00657. The second-order valence-corrected chi connectivity index (χ2v) is 4.86. The summed E-state index contributed by atoms with van der Waals surface area (Å²) in [6.45, 7) is 2.01. The fourth-order valence-electron chi connectivity index (χ4n) is 1.91. The molecule has 8 heteroatoms. The van der Waals surface area contributed by atoms with Crippen molar-refractivity contribution < 1.29 is 4.92 Å². The molecule has 0 radical (unpaired) electrons. The molecule has 1 aromatic carbocycles. The van der Waals surface area contributed by atoms with E-state index < -0.39 is 4.92 Å². The minimum Gasteiger partial charge on any atom is -0.368 e. The maximum absolute atomic E-state index is 11.1. The van der Waals surface area contributed by atoms with Crippen LogP contribution in [0.25, 0.3) is 0 Å². The number of aryl methyl sites for hydroxylation is 1. The number of nitrogens with one attached hydrogen (secondary N) is 1. The van der Waals surface area contributed by atoms with Crippen molar-refractivity contribution in [3.63, 3.8) is 0 Å². The Labute approximate surface area is 126 Å². The number of benzene rings is 1. The Kier molecular flexibility index (Phi) is 4.54. The van der Waals surface area contributed by atoms with Gasteiger partial charge in [0.05, 0.1) is 4.92 Å². The zero-order valence-electron chi connectivity index (χ0n) is 11.3. The normalized spacial score (nSPS) is 10.4. The lowest BCUT2D eigenvalue weighted by molar-refractivity contribution is -0.385. The van der Waals surface area contributed by atoms with Crippen LogP contribution in [0, 0.1) is 17.0 Å². The average Bonchev–Trinajstić information content (AvgIpc) is 2.39. The lowest BCUT2D eigenvalue weighted by Crippen LogP contribution is -2.12. The highest BCUT2D eigenvalue weighted by molar-refractivity contribution is 6.30. The van der Waals surface area contributed by atoms with E-state index in [-0.39, 0.29) is 23.1 Å². The second kappa shape index (κ2) is 6.36. The van der Waals surface area contributed by atoms with Gasteiger partial charge in [-0.2, -0.15) is 4.98 Å². The first kappa shape index (κ1) is 15.0. The summed E-state index contributed by atoms with van der Waals surface area (Å²) < 4.78 is 0. The number of halogens is 1. The molecule has 21 heavy (non-hydrogen) atoms. The topological polar surface area (TPSA) is 107 Å². The van der Waals surface area contributed by atoms with Gasteiger partial charge in [0.25, 0.3) is 0 Å². The summed E-state index contributed by atoms with van der Waals surface area (Å²) in [7, 11) is 0. The number of nitrogens with zero attached hydrogens (tertiary/aromatic N) is 3. The monoisotopic (exact) mass is 307 g/mol. The summed E-state index contributed by atoms with van der Waals surface area (Å²) in [6.07, 6.45) is 0.678. The van der Waals surface area contributed by atoms with E-state index in [0.717, 1.165) is 5.56 Å². The Morgan fingerprint density at radius 1 is 1.33 bits per heavy atom. The van der Waals surface area contributed by atoms with E-state index in [0.29, 0.717) is 18.0 Å². The highest BCUT2D eigenvalue weighted by Gasteiger charge is 2.20. The summed E-state index contributed by atoms with van der Waals surface area (Å²) in [6, 6.07) is 7.40. The molecule has 1 aromatic heterocycles. The molecule has 3 N–H and O–H groups in total. The fraction of sp³-hybridized carbons (Fsp3) is 0.231. The average molecular weight is 308 g/mol. The summed E-state index contributed by atoms with van der Waals surface area (Å²) in [5.74, 6) is 0.144. The molecule has 0 saturated heterocycles. The molecule has 2 rings (SSSR count). The molecular formula is C13H14ClN5O2. The van der Waals surface area contributed by atoms with Crippen LogP contribution in [0.2, 0.25) is 5.02 Å². The Balaban J connectivity index is 2.09. The van der Waals surface area contributed by atoms with Crippen LogP contribution in [0.4, 0.5) is 17.5 Å². The third-order valence-corrected chi connectivity index (χ3v) is 3.13. The summed E-state index contributed by atoms with van der Waals surface area (Å²) in [5.41, 5.74) is 6.68. The number of anilines is 2. The van der Waals surface area contributed by atoms with Crippen molar-refractivity contribution in [2.75, 3.05) is 17.6 Å². The Morgan fingerprint density at radius 2 is 2.00 bits per heavy atom. The standard InChI is InChI=1S/C13H14ClN5O2/c1-8-11(19(20)21)12(18-13(15)17-8)16-7-6-9-2-4-10(14)5-3-9/h2-5H,6-7H2,1H3,(H3,15,16,17,18). The van der Waals surface area contributed by atoms with Crippen LogP contribution in [-0.4, -0.2) is 21.4 Å². The maximum atomic E-state index is 11.1. The third-order valence-electron chi connectivity index (χ3n) is 2.88. The second-order valence-electron chi connectivity index (χ2n) is 4.42. The predicted octanol–water partition coefficient (Wildman–Crippen LogP) is 2.58. The Bertz CT molecular complexity index is 660. The molecule has 2 aromatic rings. The number of nitro groups is 1. The van der Waals surface area contributed by atoms with Gasteiger partial charge in [-0.3, -0.25) is 10.1 Å². The largest absolute Gasteiger partial charge is 0.368 e. The van der Waals surface area contributed by atoms with Crippen molar-refractivity contribution in [1.82, 2.24) is 9.97 Å². The number of aromatic nitrogens is 2. The van der Waals surface area contributed by atoms with Gasteiger partial charge in [0, 0.05) is 11.6 Å². The summed E-state index contributed by atoms with van der Waals surface area (Å²) >= 11 is 5.81. The first-order valence-electron chi connectivity index (χ1n) is 6.24. The minimum atomic E-state index is -0.514. The fourth-order valence-corrected chi connectivity index (χ4v) is 2.03. The van der Waals surface area contributed by atoms with Crippen molar-refractivity contribution in [3.8, 4) is 0 Å². The van der Waals surface area contributed by atoms with Gasteiger partial charge in [0.1, 0.15) is 5.69 Å². The van der Waals surface area contributed by atoms with Gasteiger partial charge >= 0.3 is 5.69 Å². The molecular weight excluding hydrogens is 294 g/mol. The van der Waals surface area contributed by atoms with Crippen molar-refractivity contribution in [3.05, 3.63) is 50.7 Å². The van der Waals surface area contributed by atoms with Gasteiger partial charge in [0.2, 0.25) is 11.8 Å². The number of nitrogen functional groups attached to an aromatic ring is 1. The van der Waals surface area contributed by atoms with Crippen LogP contribution in [0.5, 0.6) is 0 Å². The highest BCUT2D eigenvalue weighted by Crippen LogP contribution is 2.25. The molecule has 0 unspecified atom stereocenters. The van der Waals surface area contributed by atoms with E-state index in [9.17, 15) is 10.1 Å². The predicted molar refractivity (Wildman–Crippen MR) is 81.5 cm³/mol. The van der Waals surface area contributed by atoms with Gasteiger partial charge in [-0.05, 0) is 31.0 Å². The van der Waals surface area contributed by atoms with Crippen molar-refractivity contribution in [2.24, 2.45) is 0 Å². The number of rotatable bonds is 5. The van der Waals surface area contributed by atoms with E-state index in [1.165, 1.54) is 6.92 Å². The SMILES string of the molecule is Cc1nc(N)nc(NCCc2ccc(Cl)cc2)c1[N+](=O)[O-]. The van der Waals surface area contributed by atoms with Crippen molar-refractivity contribution in [2.45, 2.75) is 13.3 Å². The van der Waals surface area contributed by atoms with Crippen LogP contribution in [0.15, 0.2) is 24.3 Å². The van der Waals surface area contributed by atoms with Crippen LogP contribution < -0.4 is 11.1 Å². The summed E-state index contributed by atoms with van der Waals surface area (Å²) in [5, 5.41) is 14.7. The highest BCUT2D eigenvalue weighted by atomic mass is 35.5. The van der Waals surface area contributed by atoms with E-state index in [4.69, 9.17) is 17.3 Å². The van der Waals surface area contributed by atoms with Crippen molar-refractivity contribution in [1.29, 1.82) is 0 Å². The molecule has 0 atom stereocenters. The molecule has 0 aliphatic rings. The van der Waals surface area contributed by atoms with E-state index in [1.807, 2.05) is 12.1 Å². The van der Waals surface area contributed by atoms with Gasteiger partial charge < -0.3 is 11.1 Å². The molecule has 0 bridgehead atoms. The van der Waals surface area contributed by atoms with Gasteiger partial charge in [0.15, 0.2) is 0 Å². The molecule has 0 saturated carbocycles. The van der Waals surface area contributed by atoms with Crippen LogP contribution >= 0.6 is 11.6 Å². The molecule has 0 aliphatic carbocycles. The number of hydrogen-bond acceptors (Lipinski definition) is 6. The Morgan fingerprint density at radius 3 is 2.62 bits per heavy atom. The van der Waals surface area contributed by atoms with E-state index in [1.54, 1.807) is 12.1 Å². The maximum Gasteiger partial charge on any atom is 0.332 e. The van der Waals surface area contributed by atoms with Crippen molar-refractivity contribution >= 4 is 29.1 Å². The molecule has 0 spiro atoms. The van der Waals surface area contributed by atoms with E-state index in [2.05, 4.69) is 15.3 Å². The zero-order valence-corrected chi connectivity index (χ0v) is 12.1. The molecule has 110 valence electrons. The zero-order chi connectivity index (χ0) is 15.4. The molecule has 0 aliphatic heterocycles. The van der Waals surface area contributed by atoms with Crippen LogP contribution in [0.1, 0.15) is 11.3 Å². The first-order valence-corrected chi connectivity index (χ1v) is 6.62. The van der Waals surface area contributed by atoms with Crippen LogP contribution in [0.3, 0.4) is 0 Å². The first-order chi connectivity index (χ1) is 9.97. The van der Waals surface area contributed by atoms with Gasteiger partial charge in [-0.25, -0.2) is 4.98 Å².